The van der Waals surface area contributed by atoms with Gasteiger partial charge < -0.3 is 4.57 Å². The first-order valence-corrected chi connectivity index (χ1v) is 7.50. The third-order valence-corrected chi connectivity index (χ3v) is 3.81. The van der Waals surface area contributed by atoms with Crippen LogP contribution in [0.2, 0.25) is 0 Å². The summed E-state index contributed by atoms with van der Waals surface area (Å²) in [5.41, 5.74) is 1.05. The predicted octanol–water partition coefficient (Wildman–Crippen LogP) is 1.10. The average Bonchev–Trinajstić information content (AvgIpc) is 2.82. The standard InChI is InChI=1S/C12H16N4O2S/c1-3-16-11(14-15-12(16)19(13,17)18)9(2)10-7-5-4-6-8-10/h4-9H,3H2,1-2H3,(H2,13,17,18). The van der Waals surface area contributed by atoms with Crippen molar-refractivity contribution in [3.05, 3.63) is 41.7 Å². The summed E-state index contributed by atoms with van der Waals surface area (Å²) in [6, 6.07) is 9.72. The maximum Gasteiger partial charge on any atom is 0.273 e. The number of nitrogens with zero attached hydrogens (tertiary/aromatic N) is 3. The molecule has 0 aliphatic heterocycles. The highest BCUT2D eigenvalue weighted by molar-refractivity contribution is 7.89. The molecule has 0 spiro atoms. The van der Waals surface area contributed by atoms with Gasteiger partial charge in [0, 0.05) is 12.5 Å². The van der Waals surface area contributed by atoms with Crippen LogP contribution in [0.1, 0.15) is 31.2 Å². The summed E-state index contributed by atoms with van der Waals surface area (Å²) in [5.74, 6) is 0.543. The van der Waals surface area contributed by atoms with E-state index in [1.165, 1.54) is 4.57 Å². The number of hydrogen-bond donors (Lipinski definition) is 1. The Bertz CT molecular complexity index is 664. The zero-order chi connectivity index (χ0) is 14.0. The van der Waals surface area contributed by atoms with Gasteiger partial charge in [0.15, 0.2) is 0 Å². The molecular weight excluding hydrogens is 264 g/mol. The summed E-state index contributed by atoms with van der Waals surface area (Å²) in [7, 11) is -3.85. The molecule has 1 atom stereocenters. The highest BCUT2D eigenvalue weighted by atomic mass is 32.2. The second-order valence-corrected chi connectivity index (χ2v) is 5.72. The normalized spacial score (nSPS) is 13.4. The minimum absolute atomic E-state index is 0.0517. The van der Waals surface area contributed by atoms with Crippen molar-refractivity contribution in [2.24, 2.45) is 5.14 Å². The summed E-state index contributed by atoms with van der Waals surface area (Å²) < 4.78 is 24.4. The highest BCUT2D eigenvalue weighted by Gasteiger charge is 2.23. The average molecular weight is 280 g/mol. The maximum absolute atomic E-state index is 11.4. The third-order valence-electron chi connectivity index (χ3n) is 3.00. The molecule has 0 saturated heterocycles. The van der Waals surface area contributed by atoms with Crippen molar-refractivity contribution in [3.8, 4) is 0 Å². The Labute approximate surface area is 112 Å². The molecule has 2 rings (SSSR count). The van der Waals surface area contributed by atoms with Gasteiger partial charge in [-0.15, -0.1) is 10.2 Å². The number of aromatic nitrogens is 3. The minimum atomic E-state index is -3.85. The fourth-order valence-corrected chi connectivity index (χ4v) is 2.70. The topological polar surface area (TPSA) is 90.9 Å². The molecular formula is C12H16N4O2S. The van der Waals surface area contributed by atoms with E-state index in [2.05, 4.69) is 10.2 Å². The Morgan fingerprint density at radius 1 is 1.26 bits per heavy atom. The number of benzene rings is 1. The van der Waals surface area contributed by atoms with Gasteiger partial charge in [-0.1, -0.05) is 37.3 Å². The van der Waals surface area contributed by atoms with E-state index in [4.69, 9.17) is 5.14 Å². The lowest BCUT2D eigenvalue weighted by molar-refractivity contribution is 0.560. The van der Waals surface area contributed by atoms with Crippen molar-refractivity contribution in [1.29, 1.82) is 0 Å². The van der Waals surface area contributed by atoms with Crippen molar-refractivity contribution in [2.75, 3.05) is 0 Å². The second kappa shape index (κ2) is 5.10. The maximum atomic E-state index is 11.4. The van der Waals surface area contributed by atoms with E-state index >= 15 is 0 Å². The summed E-state index contributed by atoms with van der Waals surface area (Å²) in [6.07, 6.45) is 0. The van der Waals surface area contributed by atoms with Crippen LogP contribution in [0.5, 0.6) is 0 Å². The van der Waals surface area contributed by atoms with Gasteiger partial charge in [-0.2, -0.15) is 0 Å². The van der Waals surface area contributed by atoms with Crippen molar-refractivity contribution >= 4 is 10.0 Å². The molecule has 0 bridgehead atoms. The van der Waals surface area contributed by atoms with E-state index in [1.807, 2.05) is 44.2 Å². The number of hydrogen-bond acceptors (Lipinski definition) is 4. The Morgan fingerprint density at radius 2 is 1.89 bits per heavy atom. The Morgan fingerprint density at radius 3 is 2.42 bits per heavy atom. The van der Waals surface area contributed by atoms with Gasteiger partial charge in [-0.3, -0.25) is 0 Å². The predicted molar refractivity (Wildman–Crippen MR) is 71.0 cm³/mol. The van der Waals surface area contributed by atoms with Gasteiger partial charge >= 0.3 is 0 Å². The van der Waals surface area contributed by atoms with Gasteiger partial charge in [0.1, 0.15) is 5.82 Å². The molecule has 0 amide bonds. The molecule has 2 aromatic rings. The molecule has 1 aromatic heterocycles. The Hall–Kier alpha value is -1.73. The number of rotatable bonds is 4. The van der Waals surface area contributed by atoms with Crippen LogP contribution in [-0.4, -0.2) is 23.2 Å². The van der Waals surface area contributed by atoms with Crippen LogP contribution in [0, 0.1) is 0 Å². The number of nitrogens with two attached hydrogens (primary N) is 1. The van der Waals surface area contributed by atoms with Crippen LogP contribution in [-0.2, 0) is 16.6 Å². The van der Waals surface area contributed by atoms with Gasteiger partial charge in [0.25, 0.3) is 15.2 Å². The van der Waals surface area contributed by atoms with Crippen LogP contribution >= 0.6 is 0 Å². The summed E-state index contributed by atoms with van der Waals surface area (Å²) in [4.78, 5) is 0. The van der Waals surface area contributed by atoms with Gasteiger partial charge in [-0.25, -0.2) is 13.6 Å². The molecule has 102 valence electrons. The van der Waals surface area contributed by atoms with Gasteiger partial charge in [0.2, 0.25) is 0 Å². The molecule has 0 fully saturated rings. The molecule has 19 heavy (non-hydrogen) atoms. The molecule has 0 aliphatic rings. The van der Waals surface area contributed by atoms with Crippen molar-refractivity contribution < 1.29 is 8.42 Å². The van der Waals surface area contributed by atoms with Gasteiger partial charge in [0.05, 0.1) is 0 Å². The first-order chi connectivity index (χ1) is 8.95. The fourth-order valence-electron chi connectivity index (χ4n) is 2.02. The zero-order valence-corrected chi connectivity index (χ0v) is 11.6. The largest absolute Gasteiger partial charge is 0.301 e. The highest BCUT2D eigenvalue weighted by Crippen LogP contribution is 2.23. The first-order valence-electron chi connectivity index (χ1n) is 5.96. The van der Waals surface area contributed by atoms with Crippen LogP contribution in [0.15, 0.2) is 35.5 Å². The molecule has 6 nitrogen and oxygen atoms in total. The van der Waals surface area contributed by atoms with E-state index in [1.54, 1.807) is 0 Å². The van der Waals surface area contributed by atoms with E-state index in [0.29, 0.717) is 12.4 Å². The second-order valence-electron chi connectivity index (χ2n) is 4.26. The van der Waals surface area contributed by atoms with Crippen molar-refractivity contribution in [3.63, 3.8) is 0 Å². The van der Waals surface area contributed by atoms with E-state index in [-0.39, 0.29) is 11.1 Å². The molecule has 2 N–H and O–H groups in total. The molecule has 1 heterocycles. The molecule has 7 heteroatoms. The van der Waals surface area contributed by atoms with Crippen LogP contribution in [0.4, 0.5) is 0 Å². The van der Waals surface area contributed by atoms with Crippen LogP contribution in [0.3, 0.4) is 0 Å². The third kappa shape index (κ3) is 2.66. The van der Waals surface area contributed by atoms with Crippen molar-refractivity contribution in [2.45, 2.75) is 31.5 Å². The zero-order valence-electron chi connectivity index (χ0n) is 10.8. The summed E-state index contributed by atoms with van der Waals surface area (Å²) in [6.45, 7) is 4.24. The molecule has 0 radical (unpaired) electrons. The fraction of sp³-hybridized carbons (Fsp3) is 0.333. The Kier molecular flexibility index (Phi) is 3.68. The lowest BCUT2D eigenvalue weighted by Crippen LogP contribution is -2.19. The number of sulfonamides is 1. The molecule has 1 aromatic carbocycles. The molecule has 0 aliphatic carbocycles. The van der Waals surface area contributed by atoms with Crippen LogP contribution < -0.4 is 5.14 Å². The smallest absolute Gasteiger partial charge is 0.273 e. The number of primary sulfonamides is 1. The SMILES string of the molecule is CCn1c(C(C)c2ccccc2)nnc1S(N)(=O)=O. The minimum Gasteiger partial charge on any atom is -0.301 e. The molecule has 1 unspecified atom stereocenters. The summed E-state index contributed by atoms with van der Waals surface area (Å²) in [5, 5.41) is 12.6. The van der Waals surface area contributed by atoms with Crippen molar-refractivity contribution in [1.82, 2.24) is 14.8 Å². The monoisotopic (exact) mass is 280 g/mol. The van der Waals surface area contributed by atoms with E-state index < -0.39 is 10.0 Å². The van der Waals surface area contributed by atoms with E-state index in [9.17, 15) is 8.42 Å². The summed E-state index contributed by atoms with van der Waals surface area (Å²) >= 11 is 0. The van der Waals surface area contributed by atoms with Crippen LogP contribution in [0.25, 0.3) is 0 Å². The van der Waals surface area contributed by atoms with E-state index in [0.717, 1.165) is 5.56 Å². The first kappa shape index (κ1) is 13.7. The Balaban J connectivity index is 2.50. The quantitative estimate of drug-likeness (QED) is 0.907. The lowest BCUT2D eigenvalue weighted by Gasteiger charge is -2.13. The lowest BCUT2D eigenvalue weighted by atomic mass is 10.0. The molecule has 0 saturated carbocycles. The van der Waals surface area contributed by atoms with Gasteiger partial charge in [-0.05, 0) is 12.5 Å².